The van der Waals surface area contributed by atoms with Crippen LogP contribution in [0.2, 0.25) is 5.02 Å². The Bertz CT molecular complexity index is 581. The fourth-order valence-corrected chi connectivity index (χ4v) is 1.86. The molecule has 0 saturated heterocycles. The highest BCUT2D eigenvalue weighted by Gasteiger charge is 2.07. The van der Waals surface area contributed by atoms with Gasteiger partial charge >= 0.3 is 0 Å². The minimum absolute atomic E-state index is 0.0433. The zero-order valence-electron chi connectivity index (χ0n) is 13.1. The topological polar surface area (TPSA) is 79.5 Å². The van der Waals surface area contributed by atoms with Crippen LogP contribution < -0.4 is 20.9 Å². The van der Waals surface area contributed by atoms with Gasteiger partial charge in [-0.15, -0.1) is 0 Å². The Hall–Kier alpha value is -1.86. The van der Waals surface area contributed by atoms with Crippen molar-refractivity contribution < 1.29 is 14.3 Å². The molecule has 0 saturated carbocycles. The molecule has 126 valence electrons. The number of rotatable bonds is 6. The van der Waals surface area contributed by atoms with E-state index in [0.717, 1.165) is 18.4 Å². The zero-order chi connectivity index (χ0) is 17.2. The first-order chi connectivity index (χ1) is 10.9. The summed E-state index contributed by atoms with van der Waals surface area (Å²) in [5.41, 5.74) is 5.65. The second kappa shape index (κ2) is 10.0. The second-order valence-corrected chi connectivity index (χ2v) is 5.67. The molecule has 3 N–H and O–H groups in total. The number of carbonyl (C=O) groups excluding carboxylic acids is 2. The van der Waals surface area contributed by atoms with Gasteiger partial charge in [-0.3, -0.25) is 20.4 Å². The van der Waals surface area contributed by atoms with E-state index in [9.17, 15) is 9.59 Å². The van der Waals surface area contributed by atoms with E-state index >= 15 is 0 Å². The number of hydrogen-bond donors (Lipinski definition) is 3. The number of aryl methyl sites for hydroxylation is 1. The van der Waals surface area contributed by atoms with Crippen LogP contribution in [0.25, 0.3) is 0 Å². The molecule has 2 amide bonds. The van der Waals surface area contributed by atoms with Crippen molar-refractivity contribution in [3.05, 3.63) is 28.8 Å². The van der Waals surface area contributed by atoms with E-state index in [1.807, 2.05) is 13.8 Å². The molecule has 0 aliphatic heterocycles. The Morgan fingerprint density at radius 3 is 2.65 bits per heavy atom. The van der Waals surface area contributed by atoms with Gasteiger partial charge in [-0.05, 0) is 49.3 Å². The molecule has 23 heavy (non-hydrogen) atoms. The van der Waals surface area contributed by atoms with Crippen molar-refractivity contribution in [2.75, 3.05) is 6.61 Å². The maximum Gasteiger partial charge on any atom is 0.276 e. The van der Waals surface area contributed by atoms with Crippen LogP contribution in [0.4, 0.5) is 0 Å². The number of halogens is 1. The molecule has 8 heteroatoms. The van der Waals surface area contributed by atoms with Crippen molar-refractivity contribution in [2.45, 2.75) is 33.1 Å². The van der Waals surface area contributed by atoms with Crippen LogP contribution >= 0.6 is 23.8 Å². The van der Waals surface area contributed by atoms with Gasteiger partial charge in [0, 0.05) is 11.4 Å². The lowest BCUT2D eigenvalue weighted by molar-refractivity contribution is -0.124. The van der Waals surface area contributed by atoms with Crippen molar-refractivity contribution in [3.8, 4) is 5.75 Å². The summed E-state index contributed by atoms with van der Waals surface area (Å²) < 4.78 is 5.33. The molecular weight excluding hydrogens is 338 g/mol. The number of hydrogen-bond acceptors (Lipinski definition) is 4. The summed E-state index contributed by atoms with van der Waals surface area (Å²) in [6, 6.07) is 5.11. The Morgan fingerprint density at radius 2 is 2.00 bits per heavy atom. The Kier molecular flexibility index (Phi) is 8.36. The van der Waals surface area contributed by atoms with Gasteiger partial charge in [0.2, 0.25) is 5.91 Å². The molecule has 0 aliphatic carbocycles. The predicted octanol–water partition coefficient (Wildman–Crippen LogP) is 2.24. The van der Waals surface area contributed by atoms with Crippen molar-refractivity contribution in [1.29, 1.82) is 0 Å². The van der Waals surface area contributed by atoms with Crippen molar-refractivity contribution in [3.63, 3.8) is 0 Å². The smallest absolute Gasteiger partial charge is 0.276 e. The number of amides is 2. The van der Waals surface area contributed by atoms with E-state index in [-0.39, 0.29) is 17.6 Å². The Morgan fingerprint density at radius 1 is 1.26 bits per heavy atom. The van der Waals surface area contributed by atoms with Gasteiger partial charge in [0.15, 0.2) is 11.7 Å². The van der Waals surface area contributed by atoms with Crippen molar-refractivity contribution in [1.82, 2.24) is 16.2 Å². The molecule has 1 aromatic rings. The number of ether oxygens (including phenoxy) is 1. The summed E-state index contributed by atoms with van der Waals surface area (Å²) >= 11 is 10.8. The van der Waals surface area contributed by atoms with Crippen LogP contribution in [0.1, 0.15) is 31.7 Å². The third-order valence-corrected chi connectivity index (χ3v) is 3.45. The van der Waals surface area contributed by atoms with E-state index in [4.69, 9.17) is 28.6 Å². The SMILES string of the molecule is CCCCC(=O)NC(=S)NNC(=O)COc1ccc(Cl)c(C)c1. The third-order valence-electron chi connectivity index (χ3n) is 2.83. The first kappa shape index (κ1) is 19.2. The largest absolute Gasteiger partial charge is 0.484 e. The van der Waals surface area contributed by atoms with Gasteiger partial charge in [0.25, 0.3) is 5.91 Å². The van der Waals surface area contributed by atoms with E-state index < -0.39 is 5.91 Å². The number of hydrazine groups is 1. The predicted molar refractivity (Wildman–Crippen MR) is 93.2 cm³/mol. The molecule has 0 unspecified atom stereocenters. The fourth-order valence-electron chi connectivity index (χ4n) is 1.58. The van der Waals surface area contributed by atoms with Gasteiger partial charge in [-0.2, -0.15) is 0 Å². The lowest BCUT2D eigenvalue weighted by Gasteiger charge is -2.11. The van der Waals surface area contributed by atoms with Crippen molar-refractivity contribution >= 4 is 40.7 Å². The molecule has 0 aliphatic rings. The van der Waals surface area contributed by atoms with Gasteiger partial charge in [0.05, 0.1) is 0 Å². The average Bonchev–Trinajstić information content (AvgIpc) is 2.52. The van der Waals surface area contributed by atoms with Crippen LogP contribution in [0.3, 0.4) is 0 Å². The molecule has 1 aromatic carbocycles. The van der Waals surface area contributed by atoms with Crippen LogP contribution in [-0.2, 0) is 9.59 Å². The summed E-state index contributed by atoms with van der Waals surface area (Å²) in [7, 11) is 0. The first-order valence-electron chi connectivity index (χ1n) is 7.20. The average molecular weight is 358 g/mol. The highest BCUT2D eigenvalue weighted by Crippen LogP contribution is 2.20. The van der Waals surface area contributed by atoms with E-state index in [0.29, 0.717) is 17.2 Å². The van der Waals surface area contributed by atoms with E-state index in [1.165, 1.54) is 0 Å². The summed E-state index contributed by atoms with van der Waals surface area (Å²) in [6.07, 6.45) is 2.10. The van der Waals surface area contributed by atoms with Gasteiger partial charge in [-0.1, -0.05) is 24.9 Å². The van der Waals surface area contributed by atoms with Gasteiger partial charge in [0.1, 0.15) is 5.75 Å². The number of carbonyl (C=O) groups is 2. The highest BCUT2D eigenvalue weighted by atomic mass is 35.5. The zero-order valence-corrected chi connectivity index (χ0v) is 14.6. The molecule has 0 aromatic heterocycles. The second-order valence-electron chi connectivity index (χ2n) is 4.85. The molecule has 0 bridgehead atoms. The normalized spacial score (nSPS) is 9.87. The Balaban J connectivity index is 2.27. The molecule has 0 fully saturated rings. The van der Waals surface area contributed by atoms with Crippen LogP contribution in [0.15, 0.2) is 18.2 Å². The molecule has 6 nitrogen and oxygen atoms in total. The lowest BCUT2D eigenvalue weighted by Crippen LogP contribution is -2.49. The molecular formula is C15H20ClN3O3S. The Labute approximate surface area is 145 Å². The minimum Gasteiger partial charge on any atom is -0.484 e. The highest BCUT2D eigenvalue weighted by molar-refractivity contribution is 7.80. The maximum absolute atomic E-state index is 11.6. The van der Waals surface area contributed by atoms with Crippen molar-refractivity contribution in [2.24, 2.45) is 0 Å². The van der Waals surface area contributed by atoms with Gasteiger partial charge < -0.3 is 10.1 Å². The maximum atomic E-state index is 11.6. The summed E-state index contributed by atoms with van der Waals surface area (Å²) in [6.45, 7) is 3.64. The minimum atomic E-state index is -0.428. The number of unbranched alkanes of at least 4 members (excludes halogenated alkanes) is 1. The van der Waals surface area contributed by atoms with E-state index in [1.54, 1.807) is 18.2 Å². The molecule has 0 spiro atoms. The quantitative estimate of drug-likeness (QED) is 0.537. The number of nitrogens with one attached hydrogen (secondary N) is 3. The molecule has 0 heterocycles. The molecule has 1 rings (SSSR count). The van der Waals surface area contributed by atoms with Crippen LogP contribution in [-0.4, -0.2) is 23.5 Å². The van der Waals surface area contributed by atoms with Gasteiger partial charge in [-0.25, -0.2) is 0 Å². The summed E-state index contributed by atoms with van der Waals surface area (Å²) in [5, 5.41) is 3.14. The van der Waals surface area contributed by atoms with Crippen LogP contribution in [0, 0.1) is 6.92 Å². The van der Waals surface area contributed by atoms with Crippen LogP contribution in [0.5, 0.6) is 5.75 Å². The third kappa shape index (κ3) is 7.80. The first-order valence-corrected chi connectivity index (χ1v) is 7.98. The lowest BCUT2D eigenvalue weighted by atomic mass is 10.2. The van der Waals surface area contributed by atoms with E-state index in [2.05, 4.69) is 16.2 Å². The summed E-state index contributed by atoms with van der Waals surface area (Å²) in [4.78, 5) is 23.1. The standard InChI is InChI=1S/C15H20ClN3O3S/c1-3-4-5-13(20)17-15(23)19-18-14(21)9-22-11-6-7-12(16)10(2)8-11/h6-8H,3-5,9H2,1-2H3,(H,18,21)(H2,17,19,20,23). The monoisotopic (exact) mass is 357 g/mol. The fraction of sp³-hybridized carbons (Fsp3) is 0.400. The molecule has 0 radical (unpaired) electrons. The number of benzene rings is 1. The molecule has 0 atom stereocenters. The number of thiocarbonyl (C=S) groups is 1. The summed E-state index contributed by atoms with van der Waals surface area (Å²) in [5.74, 6) is -0.0771.